The second-order valence-corrected chi connectivity index (χ2v) is 20.9. The van der Waals surface area contributed by atoms with Gasteiger partial charge in [-0.15, -0.1) is 11.3 Å². The average molecular weight is 1020 g/mol. The van der Waals surface area contributed by atoms with Gasteiger partial charge in [0.2, 0.25) is 23.6 Å². The van der Waals surface area contributed by atoms with Gasteiger partial charge in [-0.3, -0.25) is 34.1 Å². The van der Waals surface area contributed by atoms with Gasteiger partial charge in [0.1, 0.15) is 23.7 Å². The molecule has 386 valence electrons. The number of nitrogens with two attached hydrogens (primary N) is 1. The summed E-state index contributed by atoms with van der Waals surface area (Å²) in [5.41, 5.74) is 12.8. The Morgan fingerprint density at radius 1 is 0.986 bits per heavy atom. The van der Waals surface area contributed by atoms with Crippen molar-refractivity contribution in [1.82, 2.24) is 40.3 Å². The number of fused-ring (bicyclic) bond motifs is 1. The molecule has 3 aliphatic rings. The molecule has 3 atom stereocenters. The number of halogens is 2. The summed E-state index contributed by atoms with van der Waals surface area (Å²) >= 11 is 1.56. The van der Waals surface area contributed by atoms with Crippen molar-refractivity contribution in [1.29, 1.82) is 0 Å². The lowest BCUT2D eigenvalue weighted by Crippen LogP contribution is -2.57. The molecule has 3 saturated heterocycles. The number of hydrogen-bond donors (Lipinski definition) is 4. The third-order valence-corrected chi connectivity index (χ3v) is 14.7. The van der Waals surface area contributed by atoms with E-state index in [1.165, 1.54) is 23.2 Å². The van der Waals surface area contributed by atoms with Crippen LogP contribution in [0.1, 0.15) is 81.8 Å². The van der Waals surface area contributed by atoms with Gasteiger partial charge in [0, 0.05) is 94.2 Å². The summed E-state index contributed by atoms with van der Waals surface area (Å²) < 4.78 is 36.3. The van der Waals surface area contributed by atoms with Crippen LogP contribution in [0.15, 0.2) is 77.5 Å². The van der Waals surface area contributed by atoms with E-state index in [9.17, 15) is 24.3 Å². The van der Waals surface area contributed by atoms with Crippen molar-refractivity contribution in [2.75, 3.05) is 45.9 Å². The molecule has 0 radical (unpaired) electrons. The van der Waals surface area contributed by atoms with E-state index in [0.717, 1.165) is 21.7 Å². The minimum atomic E-state index is -0.981. The number of piperidine rings is 1. The number of aliphatic hydroxyl groups excluding tert-OH is 1. The van der Waals surface area contributed by atoms with Gasteiger partial charge in [0.25, 0.3) is 0 Å². The van der Waals surface area contributed by atoms with Gasteiger partial charge in [-0.1, -0.05) is 57.2 Å². The predicted octanol–water partition coefficient (Wildman–Crippen LogP) is 6.18. The van der Waals surface area contributed by atoms with Crippen LogP contribution in [0.4, 0.5) is 8.78 Å². The molecule has 0 bridgehead atoms. The molecule has 19 heteroatoms. The third kappa shape index (κ3) is 13.0. The van der Waals surface area contributed by atoms with Crippen molar-refractivity contribution in [3.8, 4) is 21.6 Å². The van der Waals surface area contributed by atoms with Crippen LogP contribution < -0.4 is 16.4 Å². The fourth-order valence-corrected chi connectivity index (χ4v) is 10.3. The summed E-state index contributed by atoms with van der Waals surface area (Å²) in [5, 5.41) is 16.4. The number of hydrogen-bond acceptors (Lipinski definition) is 13. The smallest absolute Gasteiger partial charge is 0.246 e. The number of aliphatic imine (C=N–C) groups is 1. The highest BCUT2D eigenvalue weighted by Gasteiger charge is 2.44. The predicted molar refractivity (Wildman–Crippen MR) is 277 cm³/mol. The molecule has 0 spiro atoms. The highest BCUT2D eigenvalue weighted by atomic mass is 32.1. The molecule has 4 amide bonds. The molecule has 3 aromatic carbocycles. The van der Waals surface area contributed by atoms with Gasteiger partial charge >= 0.3 is 0 Å². The molecule has 0 saturated carbocycles. The number of nitrogens with one attached hydrogen (secondary N) is 2. The molecule has 5 aromatic rings. The number of allylic oxidation sites excluding steroid dienone is 1. The average Bonchev–Trinajstić information content (AvgIpc) is 4.00. The second kappa shape index (κ2) is 23.6. The monoisotopic (exact) mass is 1020 g/mol. The summed E-state index contributed by atoms with van der Waals surface area (Å²) in [7, 11) is 0. The highest BCUT2D eigenvalue weighted by Crippen LogP contribution is 2.32. The number of thiazole rings is 1. The zero-order valence-electron chi connectivity index (χ0n) is 41.8. The molecule has 2 unspecified atom stereocenters. The van der Waals surface area contributed by atoms with E-state index in [-0.39, 0.29) is 74.6 Å². The molecule has 0 aliphatic carbocycles. The number of ether oxygens (including phenoxy) is 1. The number of aryl methyl sites for hydroxylation is 1. The van der Waals surface area contributed by atoms with Crippen LogP contribution in [-0.2, 0) is 37.0 Å². The first-order valence-electron chi connectivity index (χ1n) is 24.9. The normalized spacial score (nSPS) is 18.6. The van der Waals surface area contributed by atoms with Crippen molar-refractivity contribution >= 4 is 57.8 Å². The van der Waals surface area contributed by atoms with Crippen molar-refractivity contribution in [3.05, 3.63) is 107 Å². The summed E-state index contributed by atoms with van der Waals surface area (Å²) in [6.07, 6.45) is 5.43. The maximum Gasteiger partial charge on any atom is 0.246 e. The van der Waals surface area contributed by atoms with Gasteiger partial charge in [-0.2, -0.15) is 0 Å². The number of aromatic nitrogens is 3. The second-order valence-electron chi connectivity index (χ2n) is 20.0. The number of carbonyl (C=O) groups is 4. The number of benzene rings is 3. The van der Waals surface area contributed by atoms with Crippen molar-refractivity contribution < 1.29 is 37.8 Å². The van der Waals surface area contributed by atoms with Gasteiger partial charge in [-0.05, 0) is 66.5 Å². The van der Waals surface area contributed by atoms with E-state index in [1.807, 2.05) is 56.9 Å². The number of likely N-dealkylation sites (tertiary alicyclic amines) is 2. The number of para-hydroxylation sites is 1. The largest absolute Gasteiger partial charge is 0.404 e. The molecule has 3 aliphatic heterocycles. The lowest BCUT2D eigenvalue weighted by atomic mass is 9.85. The van der Waals surface area contributed by atoms with Crippen LogP contribution in [0.5, 0.6) is 0 Å². The topological polar surface area (TPSA) is 209 Å². The van der Waals surface area contributed by atoms with E-state index in [1.54, 1.807) is 52.4 Å². The maximum absolute atomic E-state index is 15.5. The zero-order chi connectivity index (χ0) is 51.8. The van der Waals surface area contributed by atoms with Gasteiger partial charge in [0.05, 0.1) is 64.4 Å². The van der Waals surface area contributed by atoms with Crippen LogP contribution in [0.3, 0.4) is 0 Å². The minimum absolute atomic E-state index is 0.0103. The SMILES string of the molecule is Cc1ncsc1-c1ccc(CNC(=O)C2CC(O)CN2C(=O)[C@@H](NC(=O)CCCC(=O)N2CCC(N=CC(=CN)c3cnc4cccc(-c5cc(F)c(CN6CCOCC6)c(F)c5)c4n3)CC2)C(C)(C)C)cc1. The quantitative estimate of drug-likeness (QED) is 0.0821. The molecule has 5 heterocycles. The lowest BCUT2D eigenvalue weighted by molar-refractivity contribution is -0.144. The number of aliphatic hydroxyl groups is 1. The van der Waals surface area contributed by atoms with E-state index in [4.69, 9.17) is 20.4 Å². The van der Waals surface area contributed by atoms with Crippen LogP contribution in [0.25, 0.3) is 38.2 Å². The minimum Gasteiger partial charge on any atom is -0.404 e. The van der Waals surface area contributed by atoms with Crippen molar-refractivity contribution in [3.63, 3.8) is 0 Å². The summed E-state index contributed by atoms with van der Waals surface area (Å²) in [5.74, 6) is -2.58. The Bertz CT molecular complexity index is 2830. The van der Waals surface area contributed by atoms with Crippen LogP contribution in [-0.4, -0.2) is 135 Å². The van der Waals surface area contributed by atoms with Crippen molar-refractivity contribution in [2.45, 2.75) is 104 Å². The lowest BCUT2D eigenvalue weighted by Gasteiger charge is -2.35. The van der Waals surface area contributed by atoms with Gasteiger partial charge in [-0.25, -0.2) is 18.7 Å². The number of rotatable bonds is 16. The van der Waals surface area contributed by atoms with E-state index < -0.39 is 41.1 Å². The zero-order valence-corrected chi connectivity index (χ0v) is 42.6. The molecule has 8 rings (SSSR count). The van der Waals surface area contributed by atoms with Crippen LogP contribution in [0, 0.1) is 24.0 Å². The first-order valence-corrected chi connectivity index (χ1v) is 25.8. The highest BCUT2D eigenvalue weighted by molar-refractivity contribution is 7.13. The first-order chi connectivity index (χ1) is 35.1. The fraction of sp³-hybridized carbons (Fsp3) is 0.444. The van der Waals surface area contributed by atoms with Gasteiger partial charge < -0.3 is 36.0 Å². The Kier molecular flexibility index (Phi) is 17.0. The molecule has 5 N–H and O–H groups in total. The Hall–Kier alpha value is -6.54. The number of morpholine rings is 1. The summed E-state index contributed by atoms with van der Waals surface area (Å²) in [6.45, 7) is 11.0. The molecule has 3 fully saturated rings. The van der Waals surface area contributed by atoms with Crippen LogP contribution >= 0.6 is 11.3 Å². The third-order valence-electron chi connectivity index (χ3n) is 13.7. The summed E-state index contributed by atoms with van der Waals surface area (Å²) in [4.78, 5) is 79.0. The Morgan fingerprint density at radius 3 is 2.38 bits per heavy atom. The van der Waals surface area contributed by atoms with Crippen LogP contribution in [0.2, 0.25) is 0 Å². The van der Waals surface area contributed by atoms with E-state index >= 15 is 8.78 Å². The molecular weight excluding hydrogens is 955 g/mol. The maximum atomic E-state index is 15.5. The Labute approximate surface area is 428 Å². The number of β-amino-alcohol motifs (C(OH)–C–C–N with tert-alkyl or cyclic N) is 1. The molecule has 73 heavy (non-hydrogen) atoms. The number of carbonyl (C=O) groups excluding carboxylic acids is 4. The van der Waals surface area contributed by atoms with Gasteiger partial charge in [0.15, 0.2) is 0 Å². The fourth-order valence-electron chi connectivity index (χ4n) is 9.51. The Morgan fingerprint density at radius 2 is 1.71 bits per heavy atom. The number of nitrogens with zero attached hydrogens (tertiary/aromatic N) is 7. The molecule has 2 aromatic heterocycles. The summed E-state index contributed by atoms with van der Waals surface area (Å²) in [6, 6.07) is 13.8. The van der Waals surface area contributed by atoms with Crippen molar-refractivity contribution in [2.24, 2.45) is 16.1 Å². The Balaban J connectivity index is 0.802. The number of amides is 4. The van der Waals surface area contributed by atoms with E-state index in [2.05, 4.69) is 20.6 Å². The van der Waals surface area contributed by atoms with E-state index in [0.29, 0.717) is 85.7 Å². The standard InChI is InChI=1S/C54H64F2N10O6S/c1-33-50(73-32-61-33)35-13-11-34(12-14-35)27-60-52(70)46-25-39(67)30-66(46)53(71)51(54(2,3)4)63-47(68)9-6-10-48(69)65-17-15-38(16-18-65)58-28-37(26-57)45-29-59-44-8-5-7-40(49(44)62-45)36-23-42(55)41(43(56)24-36)31-64-19-21-72-22-20-64/h5,7-8,11-14,23-24,26,28-29,32,38-39,46,51,67H,6,9-10,15-22,25,27,30-31,57H2,1-4H3,(H,60,70)(H,63,68)/t39?,46?,51-/m1/s1. The first kappa shape index (κ1) is 52.8. The molecular formula is C54H64F2N10O6S. The molecule has 16 nitrogen and oxygen atoms in total.